The summed E-state index contributed by atoms with van der Waals surface area (Å²) in [6.07, 6.45) is -0.538. The molecular formula is C23H36N6O3S. The fourth-order valence-corrected chi connectivity index (χ4v) is 5.57. The number of aliphatic hydroxyl groups is 3. The summed E-state index contributed by atoms with van der Waals surface area (Å²) in [6, 6.07) is -0.429. The molecule has 1 aliphatic carbocycles. The standard InChI is InChI=1S/C23H36N6O3S/c1-12-17(21-27-15-9-29(5)7-6-16(15)33-21)20(28-22(25-12)24-11-23(2,3)4)26-14-8-13(10-30)18(31)19(14)32/h13-14,18-19,30-32H,6-11H2,1-5H3,(H2,24,25,26,28)/t13-,14?,18-,19+/m1/s1. The van der Waals surface area contributed by atoms with Gasteiger partial charge < -0.3 is 30.9 Å². The Hall–Kier alpha value is -1.85. The van der Waals surface area contributed by atoms with E-state index in [-0.39, 0.29) is 17.9 Å². The molecule has 1 aliphatic heterocycles. The Morgan fingerprint density at radius 2 is 1.91 bits per heavy atom. The molecule has 33 heavy (non-hydrogen) atoms. The lowest BCUT2D eigenvalue weighted by Crippen LogP contribution is -2.36. The van der Waals surface area contributed by atoms with Crippen LogP contribution < -0.4 is 10.6 Å². The number of hydrogen-bond donors (Lipinski definition) is 5. The molecule has 4 rings (SSSR count). The third kappa shape index (κ3) is 5.30. The normalized spacial score (nSPS) is 25.8. The van der Waals surface area contributed by atoms with Gasteiger partial charge in [-0.3, -0.25) is 0 Å². The van der Waals surface area contributed by atoms with Crippen molar-refractivity contribution in [2.75, 3.05) is 37.4 Å². The Bertz CT molecular complexity index is 991. The first-order valence-corrected chi connectivity index (χ1v) is 12.4. The van der Waals surface area contributed by atoms with Crippen molar-refractivity contribution in [1.82, 2.24) is 19.9 Å². The van der Waals surface area contributed by atoms with E-state index in [9.17, 15) is 15.3 Å². The topological polar surface area (TPSA) is 127 Å². The number of aryl methyl sites for hydroxylation is 1. The number of aromatic nitrogens is 3. The zero-order chi connectivity index (χ0) is 23.9. The molecule has 0 bridgehead atoms. The first kappa shape index (κ1) is 24.3. The van der Waals surface area contributed by atoms with E-state index in [1.807, 2.05) is 6.92 Å². The van der Waals surface area contributed by atoms with Crippen molar-refractivity contribution in [3.8, 4) is 10.6 Å². The summed E-state index contributed by atoms with van der Waals surface area (Å²) in [5.74, 6) is 0.736. The molecular weight excluding hydrogens is 440 g/mol. The van der Waals surface area contributed by atoms with Gasteiger partial charge in [0.2, 0.25) is 5.95 Å². The van der Waals surface area contributed by atoms with E-state index in [1.165, 1.54) is 4.88 Å². The quantitative estimate of drug-likeness (QED) is 0.425. The van der Waals surface area contributed by atoms with Crippen LogP contribution in [-0.4, -0.2) is 80.2 Å². The summed E-state index contributed by atoms with van der Waals surface area (Å²) in [5, 5.41) is 38.0. The van der Waals surface area contributed by atoms with Crippen molar-refractivity contribution in [2.24, 2.45) is 11.3 Å². The van der Waals surface area contributed by atoms with Gasteiger partial charge in [-0.05, 0) is 32.2 Å². The smallest absolute Gasteiger partial charge is 0.224 e. The number of likely N-dealkylation sites (N-methyl/N-ethyl adjacent to an activating group) is 1. The number of fused-ring (bicyclic) bond motifs is 1. The predicted octanol–water partition coefficient (Wildman–Crippen LogP) is 1.87. The summed E-state index contributed by atoms with van der Waals surface area (Å²) >= 11 is 1.68. The van der Waals surface area contributed by atoms with Gasteiger partial charge >= 0.3 is 0 Å². The van der Waals surface area contributed by atoms with Gasteiger partial charge in [-0.2, -0.15) is 4.98 Å². The Kier molecular flexibility index (Phi) is 6.93. The maximum Gasteiger partial charge on any atom is 0.224 e. The lowest BCUT2D eigenvalue weighted by Gasteiger charge is -2.22. The van der Waals surface area contributed by atoms with E-state index >= 15 is 0 Å². The van der Waals surface area contributed by atoms with Gasteiger partial charge in [0, 0.05) is 37.0 Å². The van der Waals surface area contributed by atoms with Crippen LogP contribution in [0.15, 0.2) is 0 Å². The zero-order valence-corrected chi connectivity index (χ0v) is 20.9. The Balaban J connectivity index is 1.71. The molecule has 9 nitrogen and oxygen atoms in total. The van der Waals surface area contributed by atoms with Crippen LogP contribution in [-0.2, 0) is 13.0 Å². The monoisotopic (exact) mass is 476 g/mol. The summed E-state index contributed by atoms with van der Waals surface area (Å²) in [4.78, 5) is 18.0. The SMILES string of the molecule is Cc1nc(NCC(C)(C)C)nc(NC2C[C@H](CO)[C@@H](O)[C@H]2O)c1-c1nc2c(s1)CCN(C)C2. The molecule has 2 aromatic rings. The molecule has 0 spiro atoms. The highest BCUT2D eigenvalue weighted by Crippen LogP contribution is 2.38. The molecule has 0 radical (unpaired) electrons. The minimum Gasteiger partial charge on any atom is -0.396 e. The van der Waals surface area contributed by atoms with Crippen molar-refractivity contribution < 1.29 is 15.3 Å². The van der Waals surface area contributed by atoms with Gasteiger partial charge in [0.15, 0.2) is 0 Å². The summed E-state index contributed by atoms with van der Waals surface area (Å²) in [6.45, 7) is 10.8. The molecule has 5 N–H and O–H groups in total. The molecule has 1 fully saturated rings. The zero-order valence-electron chi connectivity index (χ0n) is 20.1. The van der Waals surface area contributed by atoms with Crippen LogP contribution in [0.1, 0.15) is 43.5 Å². The summed E-state index contributed by atoms with van der Waals surface area (Å²) in [5.41, 5.74) is 2.78. The molecule has 2 aromatic heterocycles. The molecule has 0 aromatic carbocycles. The van der Waals surface area contributed by atoms with Crippen molar-refractivity contribution in [1.29, 1.82) is 0 Å². The molecule has 0 amide bonds. The van der Waals surface area contributed by atoms with E-state index in [2.05, 4.69) is 43.4 Å². The van der Waals surface area contributed by atoms with E-state index in [0.29, 0.717) is 24.7 Å². The van der Waals surface area contributed by atoms with Crippen LogP contribution in [0.3, 0.4) is 0 Å². The highest BCUT2D eigenvalue weighted by Gasteiger charge is 2.41. The number of aliphatic hydroxyl groups excluding tert-OH is 3. The van der Waals surface area contributed by atoms with E-state index in [1.54, 1.807) is 11.3 Å². The van der Waals surface area contributed by atoms with Crippen LogP contribution in [0.2, 0.25) is 0 Å². The highest BCUT2D eigenvalue weighted by atomic mass is 32.1. The second kappa shape index (κ2) is 9.42. The molecule has 1 unspecified atom stereocenters. The lowest BCUT2D eigenvalue weighted by molar-refractivity contribution is 0.00446. The van der Waals surface area contributed by atoms with Crippen LogP contribution in [0.25, 0.3) is 10.6 Å². The fraction of sp³-hybridized carbons (Fsp3) is 0.696. The predicted molar refractivity (Wildman–Crippen MR) is 130 cm³/mol. The summed E-state index contributed by atoms with van der Waals surface area (Å²) < 4.78 is 0. The number of nitrogens with zero attached hydrogens (tertiary/aromatic N) is 4. The van der Waals surface area contributed by atoms with E-state index in [0.717, 1.165) is 41.5 Å². The van der Waals surface area contributed by atoms with E-state index < -0.39 is 18.2 Å². The largest absolute Gasteiger partial charge is 0.396 e. The molecule has 0 saturated heterocycles. The Morgan fingerprint density at radius 1 is 1.15 bits per heavy atom. The van der Waals surface area contributed by atoms with Gasteiger partial charge in [0.1, 0.15) is 16.9 Å². The minimum atomic E-state index is -0.991. The van der Waals surface area contributed by atoms with Gasteiger partial charge in [0.05, 0.1) is 29.1 Å². The fourth-order valence-electron chi connectivity index (χ4n) is 4.42. The average Bonchev–Trinajstić information content (AvgIpc) is 3.26. The van der Waals surface area contributed by atoms with Gasteiger partial charge in [0.25, 0.3) is 0 Å². The first-order chi connectivity index (χ1) is 15.6. The third-order valence-corrected chi connectivity index (χ3v) is 7.53. The molecule has 182 valence electrons. The highest BCUT2D eigenvalue weighted by molar-refractivity contribution is 7.15. The van der Waals surface area contributed by atoms with Crippen molar-refractivity contribution in [3.63, 3.8) is 0 Å². The molecule has 4 atom stereocenters. The number of anilines is 2. The first-order valence-electron chi connectivity index (χ1n) is 11.6. The number of hydrogen-bond acceptors (Lipinski definition) is 10. The third-order valence-electron chi connectivity index (χ3n) is 6.36. The van der Waals surface area contributed by atoms with Crippen molar-refractivity contribution in [3.05, 3.63) is 16.3 Å². The van der Waals surface area contributed by atoms with Gasteiger partial charge in [-0.15, -0.1) is 11.3 Å². The second-order valence-corrected chi connectivity index (χ2v) is 11.6. The average molecular weight is 477 g/mol. The number of rotatable bonds is 6. The lowest BCUT2D eigenvalue weighted by atomic mass is 9.97. The summed E-state index contributed by atoms with van der Waals surface area (Å²) in [7, 11) is 2.10. The molecule has 1 saturated carbocycles. The molecule has 2 aliphatic rings. The van der Waals surface area contributed by atoms with Crippen LogP contribution >= 0.6 is 11.3 Å². The van der Waals surface area contributed by atoms with E-state index in [4.69, 9.17) is 15.0 Å². The maximum absolute atomic E-state index is 10.6. The van der Waals surface area contributed by atoms with Crippen LogP contribution in [0.4, 0.5) is 11.8 Å². The molecule has 3 heterocycles. The van der Waals surface area contributed by atoms with Crippen molar-refractivity contribution in [2.45, 2.75) is 65.3 Å². The Morgan fingerprint density at radius 3 is 2.58 bits per heavy atom. The minimum absolute atomic E-state index is 0.0595. The van der Waals surface area contributed by atoms with Crippen molar-refractivity contribution >= 4 is 23.1 Å². The Labute approximate surface area is 199 Å². The molecule has 10 heteroatoms. The number of thiazole rings is 1. The maximum atomic E-state index is 10.6. The second-order valence-electron chi connectivity index (χ2n) is 10.6. The van der Waals surface area contributed by atoms with Gasteiger partial charge in [-0.25, -0.2) is 9.97 Å². The van der Waals surface area contributed by atoms with Gasteiger partial charge in [-0.1, -0.05) is 20.8 Å². The number of nitrogens with one attached hydrogen (secondary N) is 2. The van der Waals surface area contributed by atoms with Crippen LogP contribution in [0, 0.1) is 18.3 Å². The van der Waals surface area contributed by atoms with Crippen LogP contribution in [0.5, 0.6) is 0 Å².